The zero-order valence-corrected chi connectivity index (χ0v) is 25.9. The Kier molecular flexibility index (Phi) is 34.2. The minimum Gasteiger partial charge on any atom is -0.481 e. The molecule has 1 atom stereocenters. The fourth-order valence-corrected chi connectivity index (χ4v) is 4.87. The van der Waals surface area contributed by atoms with Crippen molar-refractivity contribution in [1.29, 1.82) is 0 Å². The van der Waals surface area contributed by atoms with Gasteiger partial charge >= 0.3 is 5.97 Å². The Labute approximate surface area is 241 Å². The van der Waals surface area contributed by atoms with E-state index in [9.17, 15) is 9.59 Å². The van der Waals surface area contributed by atoms with E-state index in [1.54, 1.807) is 0 Å². The van der Waals surface area contributed by atoms with Crippen LogP contribution in [0, 0.1) is 5.92 Å². The van der Waals surface area contributed by atoms with Crippen molar-refractivity contribution < 1.29 is 30.0 Å². The van der Waals surface area contributed by atoms with Gasteiger partial charge in [0.25, 0.3) is 0 Å². The van der Waals surface area contributed by atoms with E-state index in [4.69, 9.17) is 20.4 Å². The molecule has 0 fully saturated rings. The first-order valence-electron chi connectivity index (χ1n) is 16.5. The van der Waals surface area contributed by atoms with E-state index in [-0.39, 0.29) is 19.0 Å². The standard InChI is InChI=1S/C30H58O3.C3H8O3/c1-3-4-5-6-7-8-9-10-11-12-13-14-15-16-17-18-19-20-21-22-23-24-25-26-27-29(28(2)31)30(32)33;4-1-3(6)2-5/h29H,3-27H2,1-2H3,(H,32,33);3-6H,1-2H2. The average Bonchev–Trinajstić information content (AvgIpc) is 2.92. The fourth-order valence-electron chi connectivity index (χ4n) is 4.87. The average molecular weight is 559 g/mol. The van der Waals surface area contributed by atoms with Crippen LogP contribution in [0.4, 0.5) is 0 Å². The summed E-state index contributed by atoms with van der Waals surface area (Å²) in [6.07, 6.45) is 32.2. The molecule has 0 aromatic rings. The highest BCUT2D eigenvalue weighted by Gasteiger charge is 2.21. The summed E-state index contributed by atoms with van der Waals surface area (Å²) in [5.41, 5.74) is 0. The van der Waals surface area contributed by atoms with Gasteiger partial charge in [0.2, 0.25) is 0 Å². The van der Waals surface area contributed by atoms with Crippen molar-refractivity contribution in [3.63, 3.8) is 0 Å². The highest BCUT2D eigenvalue weighted by molar-refractivity contribution is 5.96. The van der Waals surface area contributed by atoms with Gasteiger partial charge in [0, 0.05) is 0 Å². The molecule has 234 valence electrons. The maximum Gasteiger partial charge on any atom is 0.314 e. The van der Waals surface area contributed by atoms with Crippen molar-refractivity contribution in [3.8, 4) is 0 Å². The predicted octanol–water partition coefficient (Wildman–Crippen LogP) is 8.38. The maximum absolute atomic E-state index is 11.3. The van der Waals surface area contributed by atoms with E-state index < -0.39 is 18.0 Å². The second kappa shape index (κ2) is 33.2. The summed E-state index contributed by atoms with van der Waals surface area (Å²) in [7, 11) is 0. The van der Waals surface area contributed by atoms with E-state index in [0.717, 1.165) is 12.8 Å². The van der Waals surface area contributed by atoms with Gasteiger partial charge < -0.3 is 20.4 Å². The number of aliphatic carboxylic acids is 1. The van der Waals surface area contributed by atoms with Crippen molar-refractivity contribution in [2.24, 2.45) is 5.92 Å². The first-order chi connectivity index (χ1) is 18.9. The van der Waals surface area contributed by atoms with E-state index in [1.807, 2.05) is 0 Å². The molecule has 0 aromatic heterocycles. The van der Waals surface area contributed by atoms with E-state index in [1.165, 1.54) is 148 Å². The van der Waals surface area contributed by atoms with Crippen LogP contribution >= 0.6 is 0 Å². The van der Waals surface area contributed by atoms with E-state index in [0.29, 0.717) is 6.42 Å². The summed E-state index contributed by atoms with van der Waals surface area (Å²) >= 11 is 0. The molecule has 0 amide bonds. The van der Waals surface area contributed by atoms with Crippen LogP contribution in [-0.2, 0) is 9.59 Å². The van der Waals surface area contributed by atoms with Crippen molar-refractivity contribution in [2.45, 2.75) is 180 Å². The number of ketones is 1. The highest BCUT2D eigenvalue weighted by Crippen LogP contribution is 2.17. The minimum atomic E-state index is -0.961. The van der Waals surface area contributed by atoms with Crippen LogP contribution in [0.3, 0.4) is 0 Å². The number of Topliss-reactive ketones (excluding diaryl/α,β-unsaturated/α-hetero) is 1. The number of carboxylic acid groups (broad SMARTS) is 1. The van der Waals surface area contributed by atoms with Gasteiger partial charge in [0.1, 0.15) is 17.8 Å². The molecule has 0 radical (unpaired) electrons. The Balaban J connectivity index is 0. The van der Waals surface area contributed by atoms with Crippen LogP contribution in [0.15, 0.2) is 0 Å². The number of rotatable bonds is 29. The smallest absolute Gasteiger partial charge is 0.314 e. The molecule has 4 N–H and O–H groups in total. The van der Waals surface area contributed by atoms with Crippen molar-refractivity contribution in [2.75, 3.05) is 13.2 Å². The number of aliphatic hydroxyl groups is 3. The molecule has 0 saturated carbocycles. The Hall–Kier alpha value is -0.980. The maximum atomic E-state index is 11.3. The second-order valence-electron chi connectivity index (χ2n) is 11.4. The molecule has 0 aliphatic carbocycles. The number of carbonyl (C=O) groups excluding carboxylic acids is 1. The van der Waals surface area contributed by atoms with Crippen LogP contribution in [0.1, 0.15) is 174 Å². The number of carboxylic acids is 1. The normalized spacial score (nSPS) is 11.8. The van der Waals surface area contributed by atoms with Gasteiger partial charge in [0.15, 0.2) is 0 Å². The molecular weight excluding hydrogens is 492 g/mol. The number of hydrogen-bond donors (Lipinski definition) is 4. The molecule has 0 rings (SSSR count). The third-order valence-corrected chi connectivity index (χ3v) is 7.56. The number of unbranched alkanes of at least 4 members (excludes halogenated alkanes) is 23. The number of hydrogen-bond acceptors (Lipinski definition) is 5. The lowest BCUT2D eigenvalue weighted by Crippen LogP contribution is -2.21. The largest absolute Gasteiger partial charge is 0.481 e. The molecule has 6 nitrogen and oxygen atoms in total. The monoisotopic (exact) mass is 558 g/mol. The number of carbonyl (C=O) groups is 2. The van der Waals surface area contributed by atoms with Crippen LogP contribution in [-0.4, -0.2) is 51.5 Å². The Morgan fingerprint density at radius 1 is 0.513 bits per heavy atom. The summed E-state index contributed by atoms with van der Waals surface area (Å²) in [6, 6.07) is 0. The minimum absolute atomic E-state index is 0.211. The summed E-state index contributed by atoms with van der Waals surface area (Å²) in [6.45, 7) is 2.95. The molecule has 0 bridgehead atoms. The summed E-state index contributed by atoms with van der Waals surface area (Å²) < 4.78 is 0. The Morgan fingerprint density at radius 2 is 0.769 bits per heavy atom. The van der Waals surface area contributed by atoms with Crippen LogP contribution in [0.2, 0.25) is 0 Å². The fraction of sp³-hybridized carbons (Fsp3) is 0.939. The summed E-state index contributed by atoms with van der Waals surface area (Å²) in [5.74, 6) is -1.96. The molecule has 0 spiro atoms. The van der Waals surface area contributed by atoms with Gasteiger partial charge in [0.05, 0.1) is 13.2 Å². The lowest BCUT2D eigenvalue weighted by Gasteiger charge is -2.08. The lowest BCUT2D eigenvalue weighted by molar-refractivity contribution is -0.146. The SMILES string of the molecule is CCCCCCCCCCCCCCCCCCCCCCCCCCC(C(C)=O)C(=O)O.OCC(O)CO. The molecule has 0 aliphatic heterocycles. The van der Waals surface area contributed by atoms with Gasteiger partial charge in [-0.3, -0.25) is 9.59 Å². The zero-order chi connectivity index (χ0) is 29.4. The first-order valence-corrected chi connectivity index (χ1v) is 16.5. The first kappa shape index (κ1) is 40.2. The van der Waals surface area contributed by atoms with Crippen molar-refractivity contribution in [1.82, 2.24) is 0 Å². The molecule has 1 unspecified atom stereocenters. The van der Waals surface area contributed by atoms with Gasteiger partial charge in [-0.1, -0.05) is 161 Å². The summed E-state index contributed by atoms with van der Waals surface area (Å²) in [4.78, 5) is 22.2. The molecular formula is C33H66O6. The molecule has 0 aromatic carbocycles. The van der Waals surface area contributed by atoms with E-state index >= 15 is 0 Å². The zero-order valence-electron chi connectivity index (χ0n) is 25.9. The quantitative estimate of drug-likeness (QED) is 0.0541. The van der Waals surface area contributed by atoms with Crippen molar-refractivity contribution in [3.05, 3.63) is 0 Å². The molecule has 39 heavy (non-hydrogen) atoms. The summed E-state index contributed by atoms with van der Waals surface area (Å²) in [5, 5.41) is 33.0. The molecule has 0 saturated heterocycles. The van der Waals surface area contributed by atoms with E-state index in [2.05, 4.69) is 6.92 Å². The molecule has 0 aliphatic rings. The van der Waals surface area contributed by atoms with Gasteiger partial charge in [-0.25, -0.2) is 0 Å². The lowest BCUT2D eigenvalue weighted by atomic mass is 9.97. The van der Waals surface area contributed by atoms with Crippen LogP contribution < -0.4 is 0 Å². The van der Waals surface area contributed by atoms with Gasteiger partial charge in [-0.15, -0.1) is 0 Å². The van der Waals surface area contributed by atoms with Crippen LogP contribution in [0.25, 0.3) is 0 Å². The van der Waals surface area contributed by atoms with Crippen LogP contribution in [0.5, 0.6) is 0 Å². The van der Waals surface area contributed by atoms with Crippen molar-refractivity contribution >= 4 is 11.8 Å². The topological polar surface area (TPSA) is 115 Å². The second-order valence-corrected chi connectivity index (χ2v) is 11.4. The Bertz CT molecular complexity index is 492. The predicted molar refractivity (Wildman–Crippen MR) is 163 cm³/mol. The highest BCUT2D eigenvalue weighted by atomic mass is 16.4. The molecule has 6 heteroatoms. The Morgan fingerprint density at radius 3 is 0.949 bits per heavy atom. The number of aliphatic hydroxyl groups excluding tert-OH is 3. The molecule has 0 heterocycles. The third-order valence-electron chi connectivity index (χ3n) is 7.56. The van der Waals surface area contributed by atoms with Gasteiger partial charge in [-0.2, -0.15) is 0 Å². The van der Waals surface area contributed by atoms with Gasteiger partial charge in [-0.05, 0) is 13.3 Å². The third kappa shape index (κ3) is 33.1.